The van der Waals surface area contributed by atoms with Crippen LogP contribution in [0.5, 0.6) is 0 Å². The second-order valence-corrected chi connectivity index (χ2v) is 5.33. The van der Waals surface area contributed by atoms with E-state index in [1.54, 1.807) is 12.1 Å². The van der Waals surface area contributed by atoms with Gasteiger partial charge < -0.3 is 4.74 Å². The summed E-state index contributed by atoms with van der Waals surface area (Å²) >= 11 is 1.39. The second kappa shape index (κ2) is 6.90. The summed E-state index contributed by atoms with van der Waals surface area (Å²) in [6.45, 7) is 0. The van der Waals surface area contributed by atoms with Crippen molar-refractivity contribution in [3.63, 3.8) is 0 Å². The van der Waals surface area contributed by atoms with Gasteiger partial charge in [-0.25, -0.2) is 0 Å². The van der Waals surface area contributed by atoms with Crippen LogP contribution in [0, 0.1) is 10.1 Å². The Hall–Kier alpha value is -2.34. The Morgan fingerprint density at radius 3 is 2.71 bits per heavy atom. The van der Waals surface area contributed by atoms with Gasteiger partial charge in [0.25, 0.3) is 5.69 Å². The summed E-state index contributed by atoms with van der Waals surface area (Å²) < 4.78 is 4.67. The number of esters is 1. The molecular weight excluding hydrogens is 290 g/mol. The van der Waals surface area contributed by atoms with Crippen LogP contribution in [0.1, 0.15) is 5.56 Å². The SMILES string of the molecule is COC(=O)Cc1ccccc1Sc1cccc([N+](=O)[O-])c1. The van der Waals surface area contributed by atoms with Crippen molar-refractivity contribution in [2.75, 3.05) is 7.11 Å². The Balaban J connectivity index is 2.25. The average molecular weight is 303 g/mol. The van der Waals surface area contributed by atoms with Crippen molar-refractivity contribution in [2.45, 2.75) is 16.2 Å². The summed E-state index contributed by atoms with van der Waals surface area (Å²) in [6, 6.07) is 13.8. The molecule has 0 radical (unpaired) electrons. The van der Waals surface area contributed by atoms with Crippen LogP contribution in [0.3, 0.4) is 0 Å². The van der Waals surface area contributed by atoms with E-state index in [4.69, 9.17) is 0 Å². The van der Waals surface area contributed by atoms with Gasteiger partial charge in [0, 0.05) is 21.9 Å². The van der Waals surface area contributed by atoms with Crippen molar-refractivity contribution < 1.29 is 14.5 Å². The lowest BCUT2D eigenvalue weighted by Crippen LogP contribution is -2.05. The molecule has 2 rings (SSSR count). The Kier molecular flexibility index (Phi) is 4.94. The van der Waals surface area contributed by atoms with Crippen LogP contribution in [0.2, 0.25) is 0 Å². The van der Waals surface area contributed by atoms with Crippen LogP contribution < -0.4 is 0 Å². The van der Waals surface area contributed by atoms with Crippen LogP contribution in [-0.4, -0.2) is 18.0 Å². The van der Waals surface area contributed by atoms with E-state index < -0.39 is 4.92 Å². The number of nitrogens with zero attached hydrogens (tertiary/aromatic N) is 1. The van der Waals surface area contributed by atoms with Gasteiger partial charge in [-0.2, -0.15) is 0 Å². The number of rotatable bonds is 5. The van der Waals surface area contributed by atoms with Gasteiger partial charge >= 0.3 is 5.97 Å². The van der Waals surface area contributed by atoms with Gasteiger partial charge in [-0.05, 0) is 17.7 Å². The lowest BCUT2D eigenvalue weighted by Gasteiger charge is -2.08. The fourth-order valence-corrected chi connectivity index (χ4v) is 2.76. The third kappa shape index (κ3) is 4.06. The number of non-ortho nitro benzene ring substituents is 1. The highest BCUT2D eigenvalue weighted by atomic mass is 32.2. The minimum atomic E-state index is -0.426. The molecule has 0 aliphatic heterocycles. The molecule has 0 saturated heterocycles. The van der Waals surface area contributed by atoms with E-state index in [0.717, 1.165) is 15.4 Å². The third-order valence-electron chi connectivity index (χ3n) is 2.79. The van der Waals surface area contributed by atoms with E-state index in [0.29, 0.717) is 0 Å². The first-order valence-electron chi connectivity index (χ1n) is 6.17. The molecule has 0 fully saturated rings. The molecule has 2 aromatic carbocycles. The largest absolute Gasteiger partial charge is 0.469 e. The monoisotopic (exact) mass is 303 g/mol. The molecule has 6 heteroatoms. The molecule has 0 aromatic heterocycles. The molecule has 0 amide bonds. The minimum absolute atomic E-state index is 0.0467. The predicted molar refractivity (Wildman–Crippen MR) is 79.4 cm³/mol. The summed E-state index contributed by atoms with van der Waals surface area (Å²) in [5, 5.41) is 10.8. The Morgan fingerprint density at radius 1 is 1.24 bits per heavy atom. The normalized spacial score (nSPS) is 10.1. The van der Waals surface area contributed by atoms with Crippen LogP contribution in [0.15, 0.2) is 58.3 Å². The Labute approximate surface area is 126 Å². The van der Waals surface area contributed by atoms with E-state index in [1.807, 2.05) is 24.3 Å². The van der Waals surface area contributed by atoms with Gasteiger partial charge in [-0.15, -0.1) is 0 Å². The quantitative estimate of drug-likeness (QED) is 0.480. The van der Waals surface area contributed by atoms with Crippen molar-refractivity contribution in [2.24, 2.45) is 0 Å². The molecular formula is C15H13NO4S. The van der Waals surface area contributed by atoms with Gasteiger partial charge in [0.2, 0.25) is 0 Å². The third-order valence-corrected chi connectivity index (χ3v) is 3.90. The van der Waals surface area contributed by atoms with Crippen LogP contribution in [0.25, 0.3) is 0 Å². The Morgan fingerprint density at radius 2 is 2.00 bits per heavy atom. The zero-order valence-electron chi connectivity index (χ0n) is 11.3. The molecule has 0 aliphatic rings. The van der Waals surface area contributed by atoms with Gasteiger partial charge in [0.1, 0.15) is 0 Å². The molecule has 0 aliphatic carbocycles. The lowest BCUT2D eigenvalue weighted by molar-refractivity contribution is -0.385. The minimum Gasteiger partial charge on any atom is -0.469 e. The molecule has 0 saturated carbocycles. The van der Waals surface area contributed by atoms with E-state index in [1.165, 1.54) is 31.0 Å². The van der Waals surface area contributed by atoms with Crippen molar-refractivity contribution >= 4 is 23.4 Å². The van der Waals surface area contributed by atoms with Gasteiger partial charge in [0.15, 0.2) is 0 Å². The van der Waals surface area contributed by atoms with E-state index >= 15 is 0 Å². The molecule has 0 unspecified atom stereocenters. The fraction of sp³-hybridized carbons (Fsp3) is 0.133. The number of ether oxygens (including phenoxy) is 1. The number of hydrogen-bond donors (Lipinski definition) is 0. The second-order valence-electron chi connectivity index (χ2n) is 4.22. The van der Waals surface area contributed by atoms with Gasteiger partial charge in [-0.1, -0.05) is 36.0 Å². The van der Waals surface area contributed by atoms with Crippen molar-refractivity contribution in [1.82, 2.24) is 0 Å². The lowest BCUT2D eigenvalue weighted by atomic mass is 10.1. The maximum Gasteiger partial charge on any atom is 0.310 e. The molecule has 0 spiro atoms. The molecule has 0 atom stereocenters. The van der Waals surface area contributed by atoms with Crippen LogP contribution in [-0.2, 0) is 16.0 Å². The first-order chi connectivity index (χ1) is 10.1. The average Bonchev–Trinajstić information content (AvgIpc) is 2.49. The van der Waals surface area contributed by atoms with E-state index in [9.17, 15) is 14.9 Å². The van der Waals surface area contributed by atoms with Crippen molar-refractivity contribution in [1.29, 1.82) is 0 Å². The zero-order valence-corrected chi connectivity index (χ0v) is 12.1. The summed E-state index contributed by atoms with van der Waals surface area (Å²) in [7, 11) is 1.35. The highest BCUT2D eigenvalue weighted by Gasteiger charge is 2.11. The van der Waals surface area contributed by atoms with E-state index in [2.05, 4.69) is 4.74 Å². The maximum atomic E-state index is 11.4. The summed E-state index contributed by atoms with van der Waals surface area (Å²) in [5.74, 6) is -0.318. The highest BCUT2D eigenvalue weighted by Crippen LogP contribution is 2.32. The number of benzene rings is 2. The summed E-state index contributed by atoms with van der Waals surface area (Å²) in [6.07, 6.45) is 0.175. The van der Waals surface area contributed by atoms with E-state index in [-0.39, 0.29) is 18.1 Å². The zero-order chi connectivity index (χ0) is 15.2. The van der Waals surface area contributed by atoms with Crippen LogP contribution in [0.4, 0.5) is 5.69 Å². The van der Waals surface area contributed by atoms with Gasteiger partial charge in [0.05, 0.1) is 18.5 Å². The number of carbonyl (C=O) groups excluding carboxylic acids is 1. The number of nitro groups is 1. The van der Waals surface area contributed by atoms with Gasteiger partial charge in [-0.3, -0.25) is 14.9 Å². The van der Waals surface area contributed by atoms with Crippen LogP contribution >= 0.6 is 11.8 Å². The molecule has 0 bridgehead atoms. The molecule has 2 aromatic rings. The number of methoxy groups -OCH3 is 1. The number of hydrogen-bond acceptors (Lipinski definition) is 5. The Bertz CT molecular complexity index is 672. The molecule has 0 N–H and O–H groups in total. The fourth-order valence-electron chi connectivity index (χ4n) is 1.76. The molecule has 21 heavy (non-hydrogen) atoms. The summed E-state index contributed by atoms with van der Waals surface area (Å²) in [4.78, 5) is 23.4. The standard InChI is InChI=1S/C15H13NO4S/c1-20-15(17)9-11-5-2-3-8-14(11)21-13-7-4-6-12(10-13)16(18)19/h2-8,10H,9H2,1H3. The molecule has 5 nitrogen and oxygen atoms in total. The number of carbonyl (C=O) groups is 1. The van der Waals surface area contributed by atoms with Crippen molar-refractivity contribution in [3.05, 3.63) is 64.2 Å². The highest BCUT2D eigenvalue weighted by molar-refractivity contribution is 7.99. The predicted octanol–water partition coefficient (Wildman–Crippen LogP) is 3.46. The first kappa shape index (κ1) is 15.1. The molecule has 0 heterocycles. The maximum absolute atomic E-state index is 11.4. The summed E-state index contributed by atoms with van der Waals surface area (Å²) in [5.41, 5.74) is 0.881. The smallest absolute Gasteiger partial charge is 0.310 e. The topological polar surface area (TPSA) is 69.4 Å². The molecule has 108 valence electrons. The number of nitro benzene ring substituents is 1. The van der Waals surface area contributed by atoms with Crippen molar-refractivity contribution in [3.8, 4) is 0 Å². The first-order valence-corrected chi connectivity index (χ1v) is 6.99.